The third-order valence-corrected chi connectivity index (χ3v) is 3.06. The van der Waals surface area contributed by atoms with Crippen LogP contribution in [0.15, 0.2) is 42.5 Å². The second-order valence-corrected chi connectivity index (χ2v) is 4.40. The zero-order chi connectivity index (χ0) is 14.4. The molecule has 5 nitrogen and oxygen atoms in total. The largest absolute Gasteiger partial charge is 0.362 e. The molecule has 0 saturated carbocycles. The van der Waals surface area contributed by atoms with Crippen LogP contribution < -0.4 is 10.6 Å². The van der Waals surface area contributed by atoms with E-state index in [0.29, 0.717) is 11.5 Å². The Morgan fingerprint density at radius 2 is 1.90 bits per heavy atom. The first-order chi connectivity index (χ1) is 9.74. The van der Waals surface area contributed by atoms with Gasteiger partial charge in [0, 0.05) is 7.05 Å². The maximum Gasteiger partial charge on any atom is 0.271 e. The quantitative estimate of drug-likeness (QED) is 0.875. The number of hydrogen-bond acceptors (Lipinski definition) is 4. The van der Waals surface area contributed by atoms with E-state index in [2.05, 4.69) is 39.9 Å². The Bertz CT molecular complexity index is 554. The van der Waals surface area contributed by atoms with Gasteiger partial charge in [0.15, 0.2) is 5.69 Å². The predicted octanol–water partition coefficient (Wildman–Crippen LogP) is 2.40. The monoisotopic (exact) mass is 270 g/mol. The molecule has 2 aromatic rings. The number of amides is 1. The summed E-state index contributed by atoms with van der Waals surface area (Å²) in [4.78, 5) is 11.4. The molecule has 1 aromatic heterocycles. The fourth-order valence-electron chi connectivity index (χ4n) is 1.94. The van der Waals surface area contributed by atoms with Crippen LogP contribution in [0.1, 0.15) is 35.4 Å². The fraction of sp³-hybridized carbons (Fsp3) is 0.267. The molecule has 1 amide bonds. The highest BCUT2D eigenvalue weighted by Crippen LogP contribution is 2.20. The van der Waals surface area contributed by atoms with Gasteiger partial charge in [-0.05, 0) is 24.1 Å². The first-order valence-electron chi connectivity index (χ1n) is 6.62. The number of carbonyl (C=O) groups excluding carboxylic acids is 1. The smallest absolute Gasteiger partial charge is 0.271 e. The molecule has 0 aliphatic carbocycles. The molecule has 5 heteroatoms. The van der Waals surface area contributed by atoms with Crippen LogP contribution in [-0.2, 0) is 0 Å². The van der Waals surface area contributed by atoms with Crippen LogP contribution in [0.4, 0.5) is 5.82 Å². The molecule has 0 saturated heterocycles. The maximum atomic E-state index is 11.4. The van der Waals surface area contributed by atoms with Crippen molar-refractivity contribution in [3.05, 3.63) is 53.7 Å². The summed E-state index contributed by atoms with van der Waals surface area (Å²) in [6.07, 6.45) is 0.933. The van der Waals surface area contributed by atoms with Crippen molar-refractivity contribution < 1.29 is 4.79 Å². The number of rotatable bonds is 5. The van der Waals surface area contributed by atoms with E-state index in [4.69, 9.17) is 0 Å². The average Bonchev–Trinajstić information content (AvgIpc) is 2.53. The number of carbonyl (C=O) groups is 1. The molecule has 1 atom stereocenters. The standard InChI is InChI=1S/C15H18N4O/c1-3-12(11-7-5-4-6-8-11)17-14-10-9-13(18-19-14)15(20)16-2/h4-10,12H,3H2,1-2H3,(H,16,20)(H,17,19). The topological polar surface area (TPSA) is 66.9 Å². The van der Waals surface area contributed by atoms with Crippen LogP contribution in [0.5, 0.6) is 0 Å². The molecular weight excluding hydrogens is 252 g/mol. The second kappa shape index (κ2) is 6.65. The third kappa shape index (κ3) is 3.32. The van der Waals surface area contributed by atoms with Crippen LogP contribution in [0, 0.1) is 0 Å². The first kappa shape index (κ1) is 14.0. The Labute approximate surface area is 118 Å². The molecule has 0 radical (unpaired) electrons. The first-order valence-corrected chi connectivity index (χ1v) is 6.62. The number of anilines is 1. The van der Waals surface area contributed by atoms with Crippen molar-refractivity contribution in [2.75, 3.05) is 12.4 Å². The Morgan fingerprint density at radius 1 is 1.15 bits per heavy atom. The second-order valence-electron chi connectivity index (χ2n) is 4.40. The number of benzene rings is 1. The molecule has 2 N–H and O–H groups in total. The maximum absolute atomic E-state index is 11.4. The summed E-state index contributed by atoms with van der Waals surface area (Å²) in [5, 5.41) is 13.8. The lowest BCUT2D eigenvalue weighted by atomic mass is 10.0. The van der Waals surface area contributed by atoms with Gasteiger partial charge in [-0.25, -0.2) is 0 Å². The van der Waals surface area contributed by atoms with E-state index in [1.54, 1.807) is 19.2 Å². The van der Waals surface area contributed by atoms with Crippen molar-refractivity contribution in [1.29, 1.82) is 0 Å². The van der Waals surface area contributed by atoms with Gasteiger partial charge in [0.1, 0.15) is 5.82 Å². The molecular formula is C15H18N4O. The molecule has 1 aromatic carbocycles. The minimum Gasteiger partial charge on any atom is -0.362 e. The summed E-state index contributed by atoms with van der Waals surface area (Å²) in [7, 11) is 1.57. The Morgan fingerprint density at radius 3 is 2.45 bits per heavy atom. The van der Waals surface area contributed by atoms with Crippen LogP contribution in [0.2, 0.25) is 0 Å². The molecule has 1 unspecified atom stereocenters. The van der Waals surface area contributed by atoms with Gasteiger partial charge in [-0.2, -0.15) is 0 Å². The van der Waals surface area contributed by atoms with Gasteiger partial charge < -0.3 is 10.6 Å². The Kier molecular flexibility index (Phi) is 4.65. The normalized spacial score (nSPS) is 11.7. The predicted molar refractivity (Wildman–Crippen MR) is 78.5 cm³/mol. The van der Waals surface area contributed by atoms with Crippen LogP contribution in [0.3, 0.4) is 0 Å². The average molecular weight is 270 g/mol. The van der Waals surface area contributed by atoms with Crippen LogP contribution >= 0.6 is 0 Å². The van der Waals surface area contributed by atoms with Gasteiger partial charge in [0.25, 0.3) is 5.91 Å². The number of nitrogens with one attached hydrogen (secondary N) is 2. The van der Waals surface area contributed by atoms with E-state index in [-0.39, 0.29) is 11.9 Å². The third-order valence-electron chi connectivity index (χ3n) is 3.06. The number of nitrogens with zero attached hydrogens (tertiary/aromatic N) is 2. The lowest BCUT2D eigenvalue weighted by Gasteiger charge is -2.17. The van der Waals surface area contributed by atoms with Crippen LogP contribution in [-0.4, -0.2) is 23.2 Å². The van der Waals surface area contributed by atoms with E-state index >= 15 is 0 Å². The van der Waals surface area contributed by atoms with E-state index < -0.39 is 0 Å². The fourth-order valence-corrected chi connectivity index (χ4v) is 1.94. The summed E-state index contributed by atoms with van der Waals surface area (Å²) in [5.74, 6) is 0.424. The SMILES string of the molecule is CCC(Nc1ccc(C(=O)NC)nn1)c1ccccc1. The van der Waals surface area contributed by atoms with E-state index in [9.17, 15) is 4.79 Å². The summed E-state index contributed by atoms with van der Waals surface area (Å²) in [5.41, 5.74) is 1.51. The molecule has 0 bridgehead atoms. The molecule has 0 spiro atoms. The molecule has 20 heavy (non-hydrogen) atoms. The van der Waals surface area contributed by atoms with Gasteiger partial charge in [0.2, 0.25) is 0 Å². The van der Waals surface area contributed by atoms with Gasteiger partial charge >= 0.3 is 0 Å². The number of hydrogen-bond donors (Lipinski definition) is 2. The van der Waals surface area contributed by atoms with Crippen molar-refractivity contribution >= 4 is 11.7 Å². The van der Waals surface area contributed by atoms with Gasteiger partial charge in [-0.15, -0.1) is 10.2 Å². The van der Waals surface area contributed by atoms with Crippen molar-refractivity contribution in [2.45, 2.75) is 19.4 Å². The molecule has 1 heterocycles. The minimum atomic E-state index is -0.237. The summed E-state index contributed by atoms with van der Waals surface area (Å²) in [6, 6.07) is 13.8. The highest BCUT2D eigenvalue weighted by molar-refractivity contribution is 5.91. The van der Waals surface area contributed by atoms with E-state index in [1.165, 1.54) is 5.56 Å². The number of aromatic nitrogens is 2. The molecule has 104 valence electrons. The van der Waals surface area contributed by atoms with Gasteiger partial charge in [-0.1, -0.05) is 37.3 Å². The van der Waals surface area contributed by atoms with Crippen molar-refractivity contribution in [1.82, 2.24) is 15.5 Å². The Hall–Kier alpha value is -2.43. The molecule has 0 aliphatic rings. The van der Waals surface area contributed by atoms with Gasteiger partial charge in [0.05, 0.1) is 6.04 Å². The van der Waals surface area contributed by atoms with Crippen molar-refractivity contribution in [3.63, 3.8) is 0 Å². The van der Waals surface area contributed by atoms with E-state index in [1.807, 2.05) is 18.2 Å². The zero-order valence-electron chi connectivity index (χ0n) is 11.6. The highest BCUT2D eigenvalue weighted by atomic mass is 16.1. The van der Waals surface area contributed by atoms with Crippen LogP contribution in [0.25, 0.3) is 0 Å². The highest BCUT2D eigenvalue weighted by Gasteiger charge is 2.10. The zero-order valence-corrected chi connectivity index (χ0v) is 11.6. The summed E-state index contributed by atoms with van der Waals surface area (Å²) in [6.45, 7) is 2.11. The molecule has 0 aliphatic heterocycles. The lowest BCUT2D eigenvalue weighted by molar-refractivity contribution is 0.0957. The van der Waals surface area contributed by atoms with Crippen molar-refractivity contribution in [3.8, 4) is 0 Å². The minimum absolute atomic E-state index is 0.177. The van der Waals surface area contributed by atoms with Gasteiger partial charge in [-0.3, -0.25) is 4.79 Å². The molecule has 2 rings (SSSR count). The lowest BCUT2D eigenvalue weighted by Crippen LogP contribution is -2.20. The van der Waals surface area contributed by atoms with E-state index in [0.717, 1.165) is 6.42 Å². The Balaban J connectivity index is 2.10. The van der Waals surface area contributed by atoms with Crippen molar-refractivity contribution in [2.24, 2.45) is 0 Å². The summed E-state index contributed by atoms with van der Waals surface area (Å²) < 4.78 is 0. The molecule has 0 fully saturated rings. The summed E-state index contributed by atoms with van der Waals surface area (Å²) >= 11 is 0.